The lowest BCUT2D eigenvalue weighted by molar-refractivity contribution is 0.111. The van der Waals surface area contributed by atoms with E-state index in [9.17, 15) is 0 Å². The highest BCUT2D eigenvalue weighted by Gasteiger charge is 2.16. The van der Waals surface area contributed by atoms with Crippen molar-refractivity contribution in [3.63, 3.8) is 0 Å². The Morgan fingerprint density at radius 2 is 2.31 bits per heavy atom. The molecule has 0 aliphatic carbocycles. The van der Waals surface area contributed by atoms with Crippen LogP contribution in [0.4, 0.5) is 5.69 Å². The summed E-state index contributed by atoms with van der Waals surface area (Å²) in [6.45, 7) is 3.04. The number of aryl methyl sites for hydroxylation is 1. The van der Waals surface area contributed by atoms with Gasteiger partial charge in [0.25, 0.3) is 0 Å². The van der Waals surface area contributed by atoms with Gasteiger partial charge in [0.05, 0.1) is 6.10 Å². The van der Waals surface area contributed by atoms with E-state index in [-0.39, 0.29) is 0 Å². The van der Waals surface area contributed by atoms with Crippen molar-refractivity contribution >= 4 is 5.69 Å². The van der Waals surface area contributed by atoms with Crippen molar-refractivity contribution in [1.82, 2.24) is 0 Å². The van der Waals surface area contributed by atoms with Gasteiger partial charge in [-0.25, -0.2) is 0 Å². The second kappa shape index (κ2) is 3.38. The Kier molecular flexibility index (Phi) is 2.23. The maximum absolute atomic E-state index is 5.33. The number of rotatable bonds is 1. The number of nitrogens with one attached hydrogen (secondary N) is 1. The smallest absolute Gasteiger partial charge is 0.0784 e. The molecule has 0 aromatic heterocycles. The number of ether oxygens (including phenoxy) is 1. The first-order chi connectivity index (χ1) is 6.29. The fourth-order valence-corrected chi connectivity index (χ4v) is 1.77. The highest BCUT2D eigenvalue weighted by Crippen LogP contribution is 2.23. The van der Waals surface area contributed by atoms with Gasteiger partial charge in [-0.05, 0) is 18.6 Å². The highest BCUT2D eigenvalue weighted by atomic mass is 16.5. The molecule has 0 bridgehead atoms. The van der Waals surface area contributed by atoms with E-state index in [2.05, 4.69) is 30.4 Å². The fraction of sp³-hybridized carbons (Fsp3) is 0.455. The Hall–Kier alpha value is -1.02. The molecular formula is C11H15NO. The van der Waals surface area contributed by atoms with Gasteiger partial charge in [0.1, 0.15) is 0 Å². The quantitative estimate of drug-likeness (QED) is 0.708. The Labute approximate surface area is 78.9 Å². The largest absolute Gasteiger partial charge is 0.382 e. The van der Waals surface area contributed by atoms with E-state index < -0.39 is 0 Å². The van der Waals surface area contributed by atoms with Crippen LogP contribution in [0.15, 0.2) is 18.2 Å². The molecule has 2 heteroatoms. The molecular weight excluding hydrogens is 162 g/mol. The van der Waals surface area contributed by atoms with E-state index in [0.717, 1.165) is 13.0 Å². The zero-order valence-corrected chi connectivity index (χ0v) is 8.13. The number of methoxy groups -OCH3 is 1. The van der Waals surface area contributed by atoms with Crippen molar-refractivity contribution in [2.45, 2.75) is 19.4 Å². The van der Waals surface area contributed by atoms with Crippen LogP contribution in [0, 0.1) is 6.92 Å². The molecule has 2 nitrogen and oxygen atoms in total. The third kappa shape index (κ3) is 1.68. The molecule has 1 aliphatic rings. The average Bonchev–Trinajstić information content (AvgIpc) is 2.16. The normalized spacial score (nSPS) is 20.6. The number of hydrogen-bond donors (Lipinski definition) is 1. The van der Waals surface area contributed by atoms with Gasteiger partial charge in [-0.3, -0.25) is 0 Å². The summed E-state index contributed by atoms with van der Waals surface area (Å²) in [5.41, 5.74) is 3.95. The SMILES string of the molecule is COC1CNc2ccc(C)cc2C1. The van der Waals surface area contributed by atoms with Crippen molar-refractivity contribution in [1.29, 1.82) is 0 Å². The van der Waals surface area contributed by atoms with Crippen LogP contribution in [0.1, 0.15) is 11.1 Å². The van der Waals surface area contributed by atoms with Crippen LogP contribution in [-0.2, 0) is 11.2 Å². The van der Waals surface area contributed by atoms with E-state index in [0.29, 0.717) is 6.10 Å². The van der Waals surface area contributed by atoms with E-state index >= 15 is 0 Å². The second-order valence-electron chi connectivity index (χ2n) is 3.60. The summed E-state index contributed by atoms with van der Waals surface area (Å²) < 4.78 is 5.33. The average molecular weight is 177 g/mol. The van der Waals surface area contributed by atoms with Crippen molar-refractivity contribution in [2.75, 3.05) is 19.0 Å². The molecule has 1 aliphatic heterocycles. The van der Waals surface area contributed by atoms with Crippen molar-refractivity contribution in [3.8, 4) is 0 Å². The standard InChI is InChI=1S/C11H15NO/c1-8-3-4-11-9(5-8)6-10(13-2)7-12-11/h3-5,10,12H,6-7H2,1-2H3. The molecule has 1 atom stereocenters. The van der Waals surface area contributed by atoms with E-state index in [1.807, 2.05) is 0 Å². The number of hydrogen-bond acceptors (Lipinski definition) is 2. The number of fused-ring (bicyclic) bond motifs is 1. The predicted octanol–water partition coefficient (Wildman–Crippen LogP) is 1.98. The van der Waals surface area contributed by atoms with Gasteiger partial charge >= 0.3 is 0 Å². The van der Waals surface area contributed by atoms with Crippen LogP contribution in [0.2, 0.25) is 0 Å². The zero-order chi connectivity index (χ0) is 9.26. The summed E-state index contributed by atoms with van der Waals surface area (Å²) in [7, 11) is 1.77. The van der Waals surface area contributed by atoms with E-state index in [1.165, 1.54) is 16.8 Å². The van der Waals surface area contributed by atoms with Gasteiger partial charge in [-0.1, -0.05) is 17.7 Å². The Morgan fingerprint density at radius 3 is 3.08 bits per heavy atom. The third-order valence-corrected chi connectivity index (χ3v) is 2.56. The molecule has 1 aromatic carbocycles. The van der Waals surface area contributed by atoms with Crippen LogP contribution in [-0.4, -0.2) is 19.8 Å². The fourth-order valence-electron chi connectivity index (χ4n) is 1.77. The summed E-state index contributed by atoms with van der Waals surface area (Å²) >= 11 is 0. The van der Waals surface area contributed by atoms with E-state index in [1.54, 1.807) is 7.11 Å². The molecule has 0 amide bonds. The topological polar surface area (TPSA) is 21.3 Å². The van der Waals surface area contributed by atoms with Gasteiger partial charge < -0.3 is 10.1 Å². The van der Waals surface area contributed by atoms with Crippen LogP contribution in [0.3, 0.4) is 0 Å². The molecule has 1 heterocycles. The molecule has 1 aromatic rings. The van der Waals surface area contributed by atoms with Crippen LogP contribution in [0.5, 0.6) is 0 Å². The molecule has 0 spiro atoms. The van der Waals surface area contributed by atoms with Crippen molar-refractivity contribution in [2.24, 2.45) is 0 Å². The molecule has 1 N–H and O–H groups in total. The summed E-state index contributed by atoms with van der Waals surface area (Å²) in [5.74, 6) is 0. The van der Waals surface area contributed by atoms with Crippen LogP contribution >= 0.6 is 0 Å². The lowest BCUT2D eigenvalue weighted by atomic mass is 9.99. The molecule has 0 fully saturated rings. The van der Waals surface area contributed by atoms with Gasteiger partial charge in [0.15, 0.2) is 0 Å². The molecule has 13 heavy (non-hydrogen) atoms. The first kappa shape index (κ1) is 8.57. The van der Waals surface area contributed by atoms with Gasteiger partial charge in [-0.15, -0.1) is 0 Å². The number of anilines is 1. The minimum absolute atomic E-state index is 0.328. The van der Waals surface area contributed by atoms with Crippen LogP contribution in [0.25, 0.3) is 0 Å². The minimum Gasteiger partial charge on any atom is -0.382 e. The lowest BCUT2D eigenvalue weighted by Gasteiger charge is -2.25. The molecule has 0 radical (unpaired) electrons. The van der Waals surface area contributed by atoms with Crippen molar-refractivity contribution in [3.05, 3.63) is 29.3 Å². The molecule has 0 saturated heterocycles. The summed E-state index contributed by atoms with van der Waals surface area (Å²) in [6.07, 6.45) is 1.36. The first-order valence-corrected chi connectivity index (χ1v) is 4.66. The first-order valence-electron chi connectivity index (χ1n) is 4.66. The van der Waals surface area contributed by atoms with Gasteiger partial charge in [-0.2, -0.15) is 0 Å². The Bertz CT molecular complexity index is 309. The summed E-state index contributed by atoms with van der Waals surface area (Å²) in [5, 5.41) is 3.37. The summed E-state index contributed by atoms with van der Waals surface area (Å²) in [6, 6.07) is 6.52. The summed E-state index contributed by atoms with van der Waals surface area (Å²) in [4.78, 5) is 0. The molecule has 0 saturated carbocycles. The molecule has 1 unspecified atom stereocenters. The van der Waals surface area contributed by atoms with Crippen molar-refractivity contribution < 1.29 is 4.74 Å². The molecule has 2 rings (SSSR count). The van der Waals surface area contributed by atoms with E-state index in [4.69, 9.17) is 4.74 Å². The zero-order valence-electron chi connectivity index (χ0n) is 8.13. The molecule has 70 valence electrons. The minimum atomic E-state index is 0.328. The van der Waals surface area contributed by atoms with Gasteiger partial charge in [0, 0.05) is 25.8 Å². The third-order valence-electron chi connectivity index (χ3n) is 2.56. The van der Waals surface area contributed by atoms with Crippen LogP contribution < -0.4 is 5.32 Å². The number of benzene rings is 1. The predicted molar refractivity (Wildman–Crippen MR) is 54.2 cm³/mol. The second-order valence-corrected chi connectivity index (χ2v) is 3.60. The maximum atomic E-state index is 5.33. The maximum Gasteiger partial charge on any atom is 0.0784 e. The van der Waals surface area contributed by atoms with Gasteiger partial charge in [0.2, 0.25) is 0 Å². The monoisotopic (exact) mass is 177 g/mol. The highest BCUT2D eigenvalue weighted by molar-refractivity contribution is 5.54. The Balaban J connectivity index is 2.27. The lowest BCUT2D eigenvalue weighted by Crippen LogP contribution is -2.29. The Morgan fingerprint density at radius 1 is 1.46 bits per heavy atom.